The molecule has 1 amide bonds. The molecule has 0 radical (unpaired) electrons. The fourth-order valence-electron chi connectivity index (χ4n) is 2.32. The van der Waals surface area contributed by atoms with Crippen LogP contribution in [0.5, 0.6) is 11.5 Å². The number of ether oxygens (including phenoxy) is 1. The van der Waals surface area contributed by atoms with Gasteiger partial charge in [0, 0.05) is 29.6 Å². The highest BCUT2D eigenvalue weighted by Crippen LogP contribution is 2.23. The minimum atomic E-state index is -0.506. The average Bonchev–Trinajstić information content (AvgIpc) is 2.61. The molecule has 0 aromatic carbocycles. The molecule has 0 unspecified atom stereocenters. The van der Waals surface area contributed by atoms with Gasteiger partial charge < -0.3 is 10.1 Å². The van der Waals surface area contributed by atoms with Crippen molar-refractivity contribution in [1.29, 1.82) is 0 Å². The van der Waals surface area contributed by atoms with Gasteiger partial charge >= 0.3 is 0 Å². The van der Waals surface area contributed by atoms with Gasteiger partial charge in [0.2, 0.25) is 0 Å². The van der Waals surface area contributed by atoms with Crippen LogP contribution in [0.25, 0.3) is 0 Å². The molecule has 6 nitrogen and oxygen atoms in total. The van der Waals surface area contributed by atoms with Crippen LogP contribution in [-0.2, 0) is 6.42 Å². The number of amides is 1. The first-order valence-electron chi connectivity index (χ1n) is 8.08. The zero-order chi connectivity index (χ0) is 18.5. The molecule has 3 heterocycles. The van der Waals surface area contributed by atoms with Crippen molar-refractivity contribution in [3.8, 4) is 11.5 Å². The van der Waals surface area contributed by atoms with Gasteiger partial charge in [-0.1, -0.05) is 13.0 Å². The van der Waals surface area contributed by atoms with Crippen LogP contribution in [0.3, 0.4) is 0 Å². The van der Waals surface area contributed by atoms with Crippen molar-refractivity contribution in [2.24, 2.45) is 0 Å². The third-order valence-electron chi connectivity index (χ3n) is 3.49. The van der Waals surface area contributed by atoms with Crippen LogP contribution < -0.4 is 10.1 Å². The highest BCUT2D eigenvalue weighted by atomic mass is 19.1. The van der Waals surface area contributed by atoms with Crippen LogP contribution >= 0.6 is 0 Å². The molecule has 0 fully saturated rings. The quantitative estimate of drug-likeness (QED) is 0.753. The second-order valence-corrected chi connectivity index (χ2v) is 5.59. The van der Waals surface area contributed by atoms with E-state index in [2.05, 4.69) is 20.3 Å². The largest absolute Gasteiger partial charge is 0.455 e. The Hall–Kier alpha value is -3.35. The van der Waals surface area contributed by atoms with Gasteiger partial charge in [-0.25, -0.2) is 14.4 Å². The Morgan fingerprint density at radius 3 is 2.77 bits per heavy atom. The van der Waals surface area contributed by atoms with Crippen molar-refractivity contribution in [3.63, 3.8) is 0 Å². The monoisotopic (exact) mass is 352 g/mol. The van der Waals surface area contributed by atoms with Gasteiger partial charge in [0.1, 0.15) is 28.8 Å². The summed E-state index contributed by atoms with van der Waals surface area (Å²) < 4.78 is 18.8. The number of anilines is 1. The lowest BCUT2D eigenvalue weighted by atomic mass is 10.2. The molecular formula is C19H17FN4O2. The molecule has 7 heteroatoms. The van der Waals surface area contributed by atoms with Crippen LogP contribution in [-0.4, -0.2) is 20.9 Å². The average molecular weight is 352 g/mol. The topological polar surface area (TPSA) is 77.0 Å². The van der Waals surface area contributed by atoms with Crippen molar-refractivity contribution < 1.29 is 13.9 Å². The standard InChI is InChI=1S/C19H17FN4O2/c1-3-14-5-4-6-18(23-14)24-19(25)17-9-15(7-12(2)22-17)26-16-8-13(20)10-21-11-16/h4-11H,3H2,1-2H3,(H,23,24,25). The molecule has 1 N–H and O–H groups in total. The van der Waals surface area contributed by atoms with E-state index in [4.69, 9.17) is 4.74 Å². The fraction of sp³-hybridized carbons (Fsp3) is 0.158. The molecular weight excluding hydrogens is 335 g/mol. The van der Waals surface area contributed by atoms with E-state index < -0.39 is 11.7 Å². The lowest BCUT2D eigenvalue weighted by molar-refractivity contribution is 0.102. The Balaban J connectivity index is 1.81. The number of nitrogens with zero attached hydrogens (tertiary/aromatic N) is 3. The van der Waals surface area contributed by atoms with Crippen molar-refractivity contribution in [1.82, 2.24) is 15.0 Å². The number of hydrogen-bond acceptors (Lipinski definition) is 5. The van der Waals surface area contributed by atoms with Crippen LogP contribution in [0, 0.1) is 12.7 Å². The maximum Gasteiger partial charge on any atom is 0.275 e. The number of halogens is 1. The molecule has 0 aliphatic heterocycles. The summed E-state index contributed by atoms with van der Waals surface area (Å²) in [6.07, 6.45) is 3.24. The maximum atomic E-state index is 13.2. The zero-order valence-electron chi connectivity index (χ0n) is 14.4. The molecule has 132 valence electrons. The predicted octanol–water partition coefficient (Wildman–Crippen LogP) is 3.93. The molecule has 0 bridgehead atoms. The van der Waals surface area contributed by atoms with E-state index in [0.717, 1.165) is 18.3 Å². The van der Waals surface area contributed by atoms with Crippen LogP contribution in [0.1, 0.15) is 28.8 Å². The summed E-state index contributed by atoms with van der Waals surface area (Å²) in [7, 11) is 0. The smallest absolute Gasteiger partial charge is 0.275 e. The molecule has 26 heavy (non-hydrogen) atoms. The van der Waals surface area contributed by atoms with Crippen molar-refractivity contribution in [2.45, 2.75) is 20.3 Å². The summed E-state index contributed by atoms with van der Waals surface area (Å²) in [5.41, 5.74) is 1.64. The summed E-state index contributed by atoms with van der Waals surface area (Å²) in [5, 5.41) is 2.72. The normalized spacial score (nSPS) is 10.4. The highest BCUT2D eigenvalue weighted by Gasteiger charge is 2.12. The molecule has 0 saturated carbocycles. The van der Waals surface area contributed by atoms with Gasteiger partial charge in [-0.05, 0) is 25.5 Å². The molecule has 0 spiro atoms. The number of aryl methyl sites for hydroxylation is 2. The maximum absolute atomic E-state index is 13.2. The van der Waals surface area contributed by atoms with Gasteiger partial charge in [0.05, 0.1) is 12.4 Å². The Morgan fingerprint density at radius 2 is 2.00 bits per heavy atom. The summed E-state index contributed by atoms with van der Waals surface area (Å²) in [5.74, 6) is 0.142. The van der Waals surface area contributed by atoms with E-state index in [1.54, 1.807) is 19.1 Å². The zero-order valence-corrected chi connectivity index (χ0v) is 14.4. The first-order chi connectivity index (χ1) is 12.5. The Bertz CT molecular complexity index is 946. The van der Waals surface area contributed by atoms with E-state index in [-0.39, 0.29) is 11.4 Å². The number of hydrogen-bond donors (Lipinski definition) is 1. The van der Waals surface area contributed by atoms with Crippen LogP contribution in [0.15, 0.2) is 48.8 Å². The second kappa shape index (κ2) is 7.69. The number of pyridine rings is 3. The first-order valence-corrected chi connectivity index (χ1v) is 8.08. The third-order valence-corrected chi connectivity index (χ3v) is 3.49. The number of nitrogens with one attached hydrogen (secondary N) is 1. The lowest BCUT2D eigenvalue weighted by Gasteiger charge is -2.09. The molecule has 0 aliphatic carbocycles. The molecule has 0 saturated heterocycles. The van der Waals surface area contributed by atoms with Gasteiger partial charge in [0.15, 0.2) is 0 Å². The predicted molar refractivity (Wildman–Crippen MR) is 94.8 cm³/mol. The minimum Gasteiger partial charge on any atom is -0.455 e. The molecule has 3 aromatic rings. The number of aromatic nitrogens is 3. The van der Waals surface area contributed by atoms with Gasteiger partial charge in [0.25, 0.3) is 5.91 Å². The molecule has 0 atom stereocenters. The number of carbonyl (C=O) groups is 1. The Labute approximate surface area is 150 Å². The summed E-state index contributed by atoms with van der Waals surface area (Å²) in [4.78, 5) is 24.8. The van der Waals surface area contributed by atoms with E-state index in [1.165, 1.54) is 18.3 Å². The van der Waals surface area contributed by atoms with Gasteiger partial charge in [-0.3, -0.25) is 9.78 Å². The van der Waals surface area contributed by atoms with E-state index in [9.17, 15) is 9.18 Å². The molecule has 0 aliphatic rings. The number of rotatable bonds is 5. The SMILES string of the molecule is CCc1cccc(NC(=O)c2cc(Oc3cncc(F)c3)cc(C)n2)n1. The van der Waals surface area contributed by atoms with Crippen molar-refractivity contribution in [2.75, 3.05) is 5.32 Å². The van der Waals surface area contributed by atoms with E-state index in [0.29, 0.717) is 17.3 Å². The van der Waals surface area contributed by atoms with Gasteiger partial charge in [-0.2, -0.15) is 0 Å². The molecule has 3 rings (SSSR count). The summed E-state index contributed by atoms with van der Waals surface area (Å²) >= 11 is 0. The lowest BCUT2D eigenvalue weighted by Crippen LogP contribution is -2.15. The van der Waals surface area contributed by atoms with E-state index >= 15 is 0 Å². The highest BCUT2D eigenvalue weighted by molar-refractivity contribution is 6.02. The van der Waals surface area contributed by atoms with Crippen LogP contribution in [0.4, 0.5) is 10.2 Å². The minimum absolute atomic E-state index is 0.174. The fourth-order valence-corrected chi connectivity index (χ4v) is 2.32. The first kappa shape index (κ1) is 17.5. The van der Waals surface area contributed by atoms with Crippen molar-refractivity contribution >= 4 is 11.7 Å². The van der Waals surface area contributed by atoms with Crippen molar-refractivity contribution in [3.05, 3.63) is 71.7 Å². The second-order valence-electron chi connectivity index (χ2n) is 5.59. The summed E-state index contributed by atoms with van der Waals surface area (Å²) in [6, 6.07) is 9.77. The van der Waals surface area contributed by atoms with Crippen LogP contribution in [0.2, 0.25) is 0 Å². The summed E-state index contributed by atoms with van der Waals surface area (Å²) in [6.45, 7) is 3.73. The third kappa shape index (κ3) is 4.38. The Kier molecular flexibility index (Phi) is 5.17. The van der Waals surface area contributed by atoms with Gasteiger partial charge in [-0.15, -0.1) is 0 Å². The Morgan fingerprint density at radius 1 is 1.15 bits per heavy atom. The number of carbonyl (C=O) groups excluding carboxylic acids is 1. The van der Waals surface area contributed by atoms with E-state index in [1.807, 2.05) is 19.1 Å². The molecule has 3 aromatic heterocycles.